The molecule has 0 aliphatic rings. The van der Waals surface area contributed by atoms with Crippen LogP contribution in [-0.4, -0.2) is 46.0 Å². The van der Waals surface area contributed by atoms with Crippen LogP contribution in [0.5, 0.6) is 23.0 Å². The number of hydrogen-bond acceptors (Lipinski definition) is 6. The highest BCUT2D eigenvalue weighted by molar-refractivity contribution is 7.80. The largest absolute Gasteiger partial charge is 0.497 e. The predicted molar refractivity (Wildman–Crippen MR) is 135 cm³/mol. The molecule has 0 aliphatic heterocycles. The SMILES string of the molecule is C=CC(=O)Nc1cc(OC)c(OC)c(OC)c1CC(C)CNC(=S)Nc1ccc(OC)cc1. The van der Waals surface area contributed by atoms with Crippen LogP contribution in [0.3, 0.4) is 0 Å². The Morgan fingerprint density at radius 1 is 1.03 bits per heavy atom. The Kier molecular flexibility index (Phi) is 9.81. The summed E-state index contributed by atoms with van der Waals surface area (Å²) in [4.78, 5) is 12.0. The third kappa shape index (κ3) is 7.01. The van der Waals surface area contributed by atoms with Crippen molar-refractivity contribution in [3.63, 3.8) is 0 Å². The summed E-state index contributed by atoms with van der Waals surface area (Å²) in [5.74, 6) is 1.99. The lowest BCUT2D eigenvalue weighted by molar-refractivity contribution is -0.111. The standard InChI is InChI=1S/C24H31N3O5S/c1-7-21(28)27-19-13-20(30-4)23(32-6)22(31-5)18(19)12-15(2)14-25-24(33)26-16-8-10-17(29-3)11-9-16/h7-11,13,15H,1,12,14H2,2-6H3,(H,27,28)(H2,25,26,33). The van der Waals surface area contributed by atoms with Gasteiger partial charge in [-0.2, -0.15) is 0 Å². The summed E-state index contributed by atoms with van der Waals surface area (Å²) in [7, 11) is 6.24. The van der Waals surface area contributed by atoms with E-state index in [-0.39, 0.29) is 11.8 Å². The average Bonchev–Trinajstić information content (AvgIpc) is 2.83. The predicted octanol–water partition coefficient (Wildman–Crippen LogP) is 4.01. The van der Waals surface area contributed by atoms with Crippen LogP contribution in [0.1, 0.15) is 12.5 Å². The second kappa shape index (κ2) is 12.5. The van der Waals surface area contributed by atoms with Crippen LogP contribution in [0, 0.1) is 5.92 Å². The zero-order valence-corrected chi connectivity index (χ0v) is 20.4. The lowest BCUT2D eigenvalue weighted by Crippen LogP contribution is -2.32. The number of rotatable bonds is 11. The first kappa shape index (κ1) is 25.8. The third-order valence-corrected chi connectivity index (χ3v) is 5.13. The lowest BCUT2D eigenvalue weighted by atomic mass is 9.97. The van der Waals surface area contributed by atoms with E-state index in [1.54, 1.807) is 27.4 Å². The molecular weight excluding hydrogens is 442 g/mol. The number of thiocarbonyl (C=S) groups is 1. The molecule has 0 saturated heterocycles. The minimum atomic E-state index is -0.332. The van der Waals surface area contributed by atoms with Crippen molar-refractivity contribution >= 4 is 34.6 Å². The van der Waals surface area contributed by atoms with Gasteiger partial charge in [-0.3, -0.25) is 4.79 Å². The van der Waals surface area contributed by atoms with Crippen LogP contribution in [0.2, 0.25) is 0 Å². The summed E-state index contributed by atoms with van der Waals surface area (Å²) in [6.07, 6.45) is 1.79. The van der Waals surface area contributed by atoms with E-state index in [2.05, 4.69) is 29.5 Å². The zero-order chi connectivity index (χ0) is 24.4. The molecule has 0 saturated carbocycles. The van der Waals surface area contributed by atoms with Crippen LogP contribution in [-0.2, 0) is 11.2 Å². The van der Waals surface area contributed by atoms with Gasteiger partial charge in [0.2, 0.25) is 11.7 Å². The molecule has 0 aromatic heterocycles. The first-order chi connectivity index (χ1) is 15.9. The highest BCUT2D eigenvalue weighted by Gasteiger charge is 2.23. The Bertz CT molecular complexity index is 979. The Morgan fingerprint density at radius 2 is 1.70 bits per heavy atom. The van der Waals surface area contributed by atoms with E-state index in [0.29, 0.717) is 41.0 Å². The molecule has 0 heterocycles. The minimum absolute atomic E-state index is 0.131. The van der Waals surface area contributed by atoms with Crippen molar-refractivity contribution in [2.45, 2.75) is 13.3 Å². The maximum Gasteiger partial charge on any atom is 0.247 e. The van der Waals surface area contributed by atoms with E-state index in [9.17, 15) is 4.79 Å². The van der Waals surface area contributed by atoms with Gasteiger partial charge in [0, 0.05) is 23.9 Å². The molecular formula is C24H31N3O5S. The topological polar surface area (TPSA) is 90.1 Å². The summed E-state index contributed by atoms with van der Waals surface area (Å²) < 4.78 is 21.7. The van der Waals surface area contributed by atoms with Gasteiger partial charge in [0.1, 0.15) is 5.75 Å². The minimum Gasteiger partial charge on any atom is -0.497 e. The van der Waals surface area contributed by atoms with E-state index in [1.165, 1.54) is 13.2 Å². The number of anilines is 2. The van der Waals surface area contributed by atoms with Gasteiger partial charge in [-0.05, 0) is 54.9 Å². The van der Waals surface area contributed by atoms with Crippen molar-refractivity contribution in [1.82, 2.24) is 5.32 Å². The smallest absolute Gasteiger partial charge is 0.247 e. The number of carbonyl (C=O) groups is 1. The van der Waals surface area contributed by atoms with Gasteiger partial charge < -0.3 is 34.9 Å². The van der Waals surface area contributed by atoms with Gasteiger partial charge in [0.15, 0.2) is 16.6 Å². The van der Waals surface area contributed by atoms with Crippen molar-refractivity contribution in [2.24, 2.45) is 5.92 Å². The highest BCUT2D eigenvalue weighted by atomic mass is 32.1. The lowest BCUT2D eigenvalue weighted by Gasteiger charge is -2.22. The summed E-state index contributed by atoms with van der Waals surface area (Å²) in [5, 5.41) is 9.72. The highest BCUT2D eigenvalue weighted by Crippen LogP contribution is 2.45. The van der Waals surface area contributed by atoms with Gasteiger partial charge in [0.25, 0.3) is 0 Å². The molecule has 1 amide bonds. The average molecular weight is 474 g/mol. The Morgan fingerprint density at radius 3 is 2.24 bits per heavy atom. The molecule has 2 rings (SSSR count). The number of carbonyl (C=O) groups excluding carboxylic acids is 1. The molecule has 178 valence electrons. The molecule has 9 heteroatoms. The quantitative estimate of drug-likeness (QED) is 0.333. The van der Waals surface area contributed by atoms with Crippen LogP contribution in [0.25, 0.3) is 0 Å². The Hall–Kier alpha value is -3.46. The second-order valence-electron chi connectivity index (χ2n) is 7.24. The van der Waals surface area contributed by atoms with E-state index in [1.807, 2.05) is 24.3 Å². The molecule has 2 aromatic rings. The third-order valence-electron chi connectivity index (χ3n) is 4.89. The van der Waals surface area contributed by atoms with E-state index in [0.717, 1.165) is 17.0 Å². The molecule has 8 nitrogen and oxygen atoms in total. The van der Waals surface area contributed by atoms with E-state index < -0.39 is 0 Å². The first-order valence-electron chi connectivity index (χ1n) is 10.3. The van der Waals surface area contributed by atoms with Gasteiger partial charge in [-0.1, -0.05) is 13.5 Å². The fraction of sp³-hybridized carbons (Fsp3) is 0.333. The summed E-state index contributed by atoms with van der Waals surface area (Å²) in [6, 6.07) is 9.21. The molecule has 1 unspecified atom stereocenters. The van der Waals surface area contributed by atoms with Crippen LogP contribution >= 0.6 is 12.2 Å². The Balaban J connectivity index is 2.15. The van der Waals surface area contributed by atoms with Crippen LogP contribution in [0.4, 0.5) is 11.4 Å². The number of benzene rings is 2. The fourth-order valence-corrected chi connectivity index (χ4v) is 3.45. The Labute approximate surface area is 200 Å². The first-order valence-corrected chi connectivity index (χ1v) is 10.7. The number of amides is 1. The van der Waals surface area contributed by atoms with Crippen molar-refractivity contribution in [3.8, 4) is 23.0 Å². The number of hydrogen-bond donors (Lipinski definition) is 3. The second-order valence-corrected chi connectivity index (χ2v) is 7.65. The molecule has 1 atom stereocenters. The number of nitrogens with one attached hydrogen (secondary N) is 3. The van der Waals surface area contributed by atoms with Crippen molar-refractivity contribution in [2.75, 3.05) is 45.6 Å². The molecule has 0 fully saturated rings. The van der Waals surface area contributed by atoms with E-state index >= 15 is 0 Å². The summed E-state index contributed by atoms with van der Waals surface area (Å²) >= 11 is 5.42. The normalized spacial score (nSPS) is 11.1. The van der Waals surface area contributed by atoms with Crippen molar-refractivity contribution in [3.05, 3.63) is 48.6 Å². The maximum absolute atomic E-state index is 12.0. The van der Waals surface area contributed by atoms with Crippen molar-refractivity contribution < 1.29 is 23.7 Å². The number of ether oxygens (including phenoxy) is 4. The van der Waals surface area contributed by atoms with Gasteiger partial charge in [0.05, 0.1) is 34.1 Å². The number of methoxy groups -OCH3 is 4. The van der Waals surface area contributed by atoms with Crippen molar-refractivity contribution in [1.29, 1.82) is 0 Å². The van der Waals surface area contributed by atoms with Crippen LogP contribution < -0.4 is 34.9 Å². The van der Waals surface area contributed by atoms with Gasteiger partial charge in [-0.25, -0.2) is 0 Å². The van der Waals surface area contributed by atoms with E-state index in [4.69, 9.17) is 31.2 Å². The van der Waals surface area contributed by atoms with Gasteiger partial charge >= 0.3 is 0 Å². The molecule has 0 spiro atoms. The molecule has 0 aliphatic carbocycles. The molecule has 3 N–H and O–H groups in total. The zero-order valence-electron chi connectivity index (χ0n) is 19.6. The molecule has 33 heavy (non-hydrogen) atoms. The maximum atomic E-state index is 12.0. The molecule has 0 bridgehead atoms. The monoisotopic (exact) mass is 473 g/mol. The fourth-order valence-electron chi connectivity index (χ4n) is 3.25. The summed E-state index contributed by atoms with van der Waals surface area (Å²) in [6.45, 7) is 6.18. The molecule has 0 radical (unpaired) electrons. The summed E-state index contributed by atoms with van der Waals surface area (Å²) in [5.41, 5.74) is 2.21. The van der Waals surface area contributed by atoms with Crippen LogP contribution in [0.15, 0.2) is 43.0 Å². The van der Waals surface area contributed by atoms with Gasteiger partial charge in [-0.15, -0.1) is 0 Å². The molecule has 2 aromatic carbocycles.